The van der Waals surface area contributed by atoms with Crippen LogP contribution in [0.2, 0.25) is 0 Å². The number of piperazine rings is 1. The number of amides is 2. The van der Waals surface area contributed by atoms with Gasteiger partial charge in [-0.3, -0.25) is 9.59 Å². The summed E-state index contributed by atoms with van der Waals surface area (Å²) >= 11 is 0. The molecule has 0 bridgehead atoms. The smallest absolute Gasteiger partial charge is 0.222 e. The highest BCUT2D eigenvalue weighted by molar-refractivity contribution is 5.78. The summed E-state index contributed by atoms with van der Waals surface area (Å²) in [4.78, 5) is 29.1. The lowest BCUT2D eigenvalue weighted by atomic mass is 10.1. The highest BCUT2D eigenvalue weighted by Gasteiger charge is 2.23. The molecule has 2 aromatic carbocycles. The second-order valence-corrected chi connectivity index (χ2v) is 10.4. The first-order valence-electron chi connectivity index (χ1n) is 14.8. The Labute approximate surface area is 240 Å². The fourth-order valence-electron chi connectivity index (χ4n) is 5.07. The van der Waals surface area contributed by atoms with E-state index in [1.165, 1.54) is 0 Å². The normalized spacial score (nSPS) is 13.3. The van der Waals surface area contributed by atoms with E-state index in [2.05, 4.69) is 22.8 Å². The molecule has 1 heterocycles. The van der Waals surface area contributed by atoms with E-state index < -0.39 is 0 Å². The molecule has 8 nitrogen and oxygen atoms in total. The van der Waals surface area contributed by atoms with Crippen LogP contribution in [0.1, 0.15) is 62.5 Å². The average Bonchev–Trinajstić information content (AvgIpc) is 3.00. The standard InChI is InChI=1S/C32H48N4O4/c1-39-29-15-9-7-13-27(29)25-33-19-11-3-5-17-31(37)35-21-23-36(24-22-35)32(38)18-6-4-12-20-34-26-28-14-8-10-16-30(28)40-2/h7-10,13-16,33-34H,3-6,11-12,17-26H2,1-2H3. The number of carbonyl (C=O) groups is 2. The first-order valence-corrected chi connectivity index (χ1v) is 14.8. The number of benzene rings is 2. The van der Waals surface area contributed by atoms with E-state index in [-0.39, 0.29) is 11.8 Å². The summed E-state index contributed by atoms with van der Waals surface area (Å²) in [6, 6.07) is 16.1. The van der Waals surface area contributed by atoms with Gasteiger partial charge in [0.05, 0.1) is 14.2 Å². The molecule has 220 valence electrons. The van der Waals surface area contributed by atoms with Crippen LogP contribution in [-0.2, 0) is 22.7 Å². The minimum absolute atomic E-state index is 0.217. The van der Waals surface area contributed by atoms with Crippen molar-refractivity contribution in [3.63, 3.8) is 0 Å². The second kappa shape index (κ2) is 18.3. The number of ether oxygens (including phenoxy) is 2. The first-order chi connectivity index (χ1) is 19.6. The van der Waals surface area contributed by atoms with Crippen molar-refractivity contribution in [2.24, 2.45) is 0 Å². The molecular formula is C32H48N4O4. The van der Waals surface area contributed by atoms with Crippen molar-refractivity contribution in [3.8, 4) is 11.5 Å². The highest BCUT2D eigenvalue weighted by atomic mass is 16.5. The van der Waals surface area contributed by atoms with Crippen LogP contribution in [0.4, 0.5) is 0 Å². The molecule has 8 heteroatoms. The summed E-state index contributed by atoms with van der Waals surface area (Å²) < 4.78 is 10.8. The van der Waals surface area contributed by atoms with Gasteiger partial charge < -0.3 is 29.9 Å². The van der Waals surface area contributed by atoms with Crippen molar-refractivity contribution in [2.75, 3.05) is 53.5 Å². The first kappa shape index (κ1) is 31.4. The Bertz CT molecular complexity index is 942. The van der Waals surface area contributed by atoms with E-state index in [1.807, 2.05) is 46.2 Å². The third-order valence-corrected chi connectivity index (χ3v) is 7.49. The number of unbranched alkanes of at least 4 members (excludes halogenated alkanes) is 4. The van der Waals surface area contributed by atoms with E-state index in [1.54, 1.807) is 14.2 Å². The van der Waals surface area contributed by atoms with E-state index in [0.29, 0.717) is 39.0 Å². The van der Waals surface area contributed by atoms with Gasteiger partial charge in [0, 0.05) is 63.2 Å². The molecule has 40 heavy (non-hydrogen) atoms. The number of para-hydroxylation sites is 2. The predicted octanol–water partition coefficient (Wildman–Crippen LogP) is 4.37. The number of hydrogen-bond acceptors (Lipinski definition) is 6. The van der Waals surface area contributed by atoms with Crippen LogP contribution in [-0.4, -0.2) is 75.1 Å². The quantitative estimate of drug-likeness (QED) is 0.267. The van der Waals surface area contributed by atoms with E-state index in [4.69, 9.17) is 9.47 Å². The fraction of sp³-hybridized carbons (Fsp3) is 0.562. The zero-order chi connectivity index (χ0) is 28.4. The van der Waals surface area contributed by atoms with Gasteiger partial charge in [-0.1, -0.05) is 49.2 Å². The minimum Gasteiger partial charge on any atom is -0.496 e. The maximum Gasteiger partial charge on any atom is 0.222 e. The van der Waals surface area contributed by atoms with E-state index >= 15 is 0 Å². The number of methoxy groups -OCH3 is 2. The van der Waals surface area contributed by atoms with Crippen LogP contribution < -0.4 is 20.1 Å². The van der Waals surface area contributed by atoms with Crippen LogP contribution in [0, 0.1) is 0 Å². The monoisotopic (exact) mass is 552 g/mol. The molecule has 2 amide bonds. The Morgan fingerprint density at radius 2 is 1.02 bits per heavy atom. The van der Waals surface area contributed by atoms with Gasteiger partial charge in [0.2, 0.25) is 11.8 Å². The molecule has 1 aliphatic rings. The number of rotatable bonds is 18. The Morgan fingerprint density at radius 3 is 1.43 bits per heavy atom. The zero-order valence-corrected chi connectivity index (χ0v) is 24.5. The van der Waals surface area contributed by atoms with Crippen LogP contribution in [0.25, 0.3) is 0 Å². The van der Waals surface area contributed by atoms with Gasteiger partial charge in [-0.2, -0.15) is 0 Å². The van der Waals surface area contributed by atoms with Crippen molar-refractivity contribution in [3.05, 3.63) is 59.7 Å². The molecule has 0 radical (unpaired) electrons. The van der Waals surface area contributed by atoms with Crippen molar-refractivity contribution in [1.82, 2.24) is 20.4 Å². The topological polar surface area (TPSA) is 83.1 Å². The van der Waals surface area contributed by atoms with Crippen LogP contribution >= 0.6 is 0 Å². The summed E-state index contributed by atoms with van der Waals surface area (Å²) in [5, 5.41) is 6.92. The molecule has 0 unspecified atom stereocenters. The fourth-order valence-corrected chi connectivity index (χ4v) is 5.07. The van der Waals surface area contributed by atoms with Crippen molar-refractivity contribution in [1.29, 1.82) is 0 Å². The van der Waals surface area contributed by atoms with Gasteiger partial charge in [-0.25, -0.2) is 0 Å². The third-order valence-electron chi connectivity index (χ3n) is 7.49. The van der Waals surface area contributed by atoms with E-state index in [0.717, 1.165) is 87.3 Å². The largest absolute Gasteiger partial charge is 0.496 e. The molecule has 2 N–H and O–H groups in total. The molecule has 0 aromatic heterocycles. The lowest BCUT2D eigenvalue weighted by Gasteiger charge is -2.35. The Hall–Kier alpha value is -3.10. The van der Waals surface area contributed by atoms with Gasteiger partial charge in [0.15, 0.2) is 0 Å². The van der Waals surface area contributed by atoms with Gasteiger partial charge in [-0.05, 0) is 50.9 Å². The van der Waals surface area contributed by atoms with Crippen molar-refractivity contribution >= 4 is 11.8 Å². The number of hydrogen-bond donors (Lipinski definition) is 2. The minimum atomic E-state index is 0.217. The maximum atomic E-state index is 12.6. The second-order valence-electron chi connectivity index (χ2n) is 10.4. The summed E-state index contributed by atoms with van der Waals surface area (Å²) in [6.07, 6.45) is 7.13. The molecule has 0 saturated carbocycles. The molecule has 3 rings (SSSR count). The van der Waals surface area contributed by atoms with Gasteiger partial charge in [-0.15, -0.1) is 0 Å². The lowest BCUT2D eigenvalue weighted by Crippen LogP contribution is -2.50. The maximum absolute atomic E-state index is 12.6. The number of nitrogens with zero attached hydrogens (tertiary/aromatic N) is 2. The molecule has 1 aliphatic heterocycles. The van der Waals surface area contributed by atoms with Crippen LogP contribution in [0.3, 0.4) is 0 Å². The Kier molecular flexibility index (Phi) is 14.4. The molecule has 1 saturated heterocycles. The highest BCUT2D eigenvalue weighted by Crippen LogP contribution is 2.18. The zero-order valence-electron chi connectivity index (χ0n) is 24.5. The molecule has 0 spiro atoms. The molecule has 2 aromatic rings. The summed E-state index contributed by atoms with van der Waals surface area (Å²) in [5.74, 6) is 2.25. The summed E-state index contributed by atoms with van der Waals surface area (Å²) in [6.45, 7) is 6.02. The lowest BCUT2D eigenvalue weighted by molar-refractivity contribution is -0.139. The van der Waals surface area contributed by atoms with Crippen molar-refractivity contribution in [2.45, 2.75) is 64.5 Å². The van der Waals surface area contributed by atoms with Crippen molar-refractivity contribution < 1.29 is 19.1 Å². The van der Waals surface area contributed by atoms with Crippen LogP contribution in [0.15, 0.2) is 48.5 Å². The Balaban J connectivity index is 1.16. The van der Waals surface area contributed by atoms with E-state index in [9.17, 15) is 9.59 Å². The van der Waals surface area contributed by atoms with Gasteiger partial charge in [0.1, 0.15) is 11.5 Å². The number of carbonyl (C=O) groups excluding carboxylic acids is 2. The van der Waals surface area contributed by atoms with Crippen LogP contribution in [0.5, 0.6) is 11.5 Å². The SMILES string of the molecule is COc1ccccc1CNCCCCCC(=O)N1CCN(C(=O)CCCCCNCc2ccccc2OC)CC1. The Morgan fingerprint density at radius 1 is 0.625 bits per heavy atom. The molecule has 0 aliphatic carbocycles. The molecule has 0 atom stereocenters. The molecule has 1 fully saturated rings. The predicted molar refractivity (Wildman–Crippen MR) is 159 cm³/mol. The third kappa shape index (κ3) is 10.8. The van der Waals surface area contributed by atoms with Gasteiger partial charge >= 0.3 is 0 Å². The molecular weight excluding hydrogens is 504 g/mol. The number of nitrogens with one attached hydrogen (secondary N) is 2. The van der Waals surface area contributed by atoms with Gasteiger partial charge in [0.25, 0.3) is 0 Å². The average molecular weight is 553 g/mol. The summed E-state index contributed by atoms with van der Waals surface area (Å²) in [5.41, 5.74) is 2.32. The summed E-state index contributed by atoms with van der Waals surface area (Å²) in [7, 11) is 3.39.